The number of rotatable bonds is 7. The minimum absolute atomic E-state index is 0.0681. The summed E-state index contributed by atoms with van der Waals surface area (Å²) in [4.78, 5) is 35.7. The lowest BCUT2D eigenvalue weighted by Gasteiger charge is -2.21. The third-order valence-electron chi connectivity index (χ3n) is 4.76. The van der Waals surface area contributed by atoms with Gasteiger partial charge < -0.3 is 14.2 Å². The number of nitro groups is 1. The van der Waals surface area contributed by atoms with Crippen LogP contribution in [0.1, 0.15) is 36.7 Å². The maximum Gasteiger partial charge on any atom is 0.338 e. The van der Waals surface area contributed by atoms with E-state index in [1.54, 1.807) is 69.3 Å². The maximum atomic E-state index is 12.9. The van der Waals surface area contributed by atoms with E-state index in [9.17, 15) is 19.7 Å². The molecule has 0 heterocycles. The number of methoxy groups -OCH3 is 1. The third kappa shape index (κ3) is 5.98. The lowest BCUT2D eigenvalue weighted by molar-refractivity contribution is -0.385. The summed E-state index contributed by atoms with van der Waals surface area (Å²) in [7, 11) is 1.29. The maximum absolute atomic E-state index is 12.9. The van der Waals surface area contributed by atoms with E-state index < -0.39 is 22.5 Å². The molecule has 0 aliphatic rings. The first-order chi connectivity index (χ1) is 16.1. The van der Waals surface area contributed by atoms with Crippen LogP contribution in [0.3, 0.4) is 0 Å². The Morgan fingerprint density at radius 3 is 2.29 bits per heavy atom. The smallest absolute Gasteiger partial charge is 0.338 e. The number of hydrogen-bond donors (Lipinski definition) is 0. The first kappa shape index (κ1) is 24.4. The van der Waals surface area contributed by atoms with Crippen molar-refractivity contribution < 1.29 is 28.7 Å². The molecule has 0 radical (unpaired) electrons. The zero-order valence-electron chi connectivity index (χ0n) is 19.4. The van der Waals surface area contributed by atoms with Gasteiger partial charge in [0, 0.05) is 11.5 Å². The molecule has 0 aliphatic carbocycles. The van der Waals surface area contributed by atoms with E-state index in [1.807, 2.05) is 12.1 Å². The average molecular weight is 463 g/mol. The van der Waals surface area contributed by atoms with Gasteiger partial charge in [-0.05, 0) is 56.0 Å². The molecule has 0 bridgehead atoms. The molecule has 0 N–H and O–H groups in total. The van der Waals surface area contributed by atoms with Gasteiger partial charge in [0.25, 0.3) is 0 Å². The van der Waals surface area contributed by atoms with Gasteiger partial charge in [0.2, 0.25) is 5.75 Å². The molecular weight excluding hydrogens is 438 g/mol. The van der Waals surface area contributed by atoms with Gasteiger partial charge in [-0.15, -0.1) is 0 Å². The van der Waals surface area contributed by atoms with E-state index in [-0.39, 0.29) is 23.6 Å². The van der Waals surface area contributed by atoms with Crippen molar-refractivity contribution >= 4 is 34.5 Å². The van der Waals surface area contributed by atoms with Crippen LogP contribution in [0.2, 0.25) is 0 Å². The second kappa shape index (κ2) is 10.2. The second-order valence-electron chi connectivity index (χ2n) is 8.47. The van der Waals surface area contributed by atoms with Crippen molar-refractivity contribution in [2.24, 2.45) is 0 Å². The molecule has 0 fully saturated rings. The molecule has 8 nitrogen and oxygen atoms in total. The van der Waals surface area contributed by atoms with Crippen molar-refractivity contribution in [1.29, 1.82) is 0 Å². The molecule has 0 atom stereocenters. The number of fused-ring (bicyclic) bond motifs is 1. The highest BCUT2D eigenvalue weighted by Gasteiger charge is 2.23. The summed E-state index contributed by atoms with van der Waals surface area (Å²) >= 11 is 0. The van der Waals surface area contributed by atoms with E-state index in [0.717, 1.165) is 5.39 Å². The number of nitro benzene ring substituents is 1. The Hall–Kier alpha value is -4.20. The Balaban J connectivity index is 1.98. The van der Waals surface area contributed by atoms with Gasteiger partial charge >= 0.3 is 17.6 Å². The van der Waals surface area contributed by atoms with Gasteiger partial charge in [0.1, 0.15) is 12.2 Å². The summed E-state index contributed by atoms with van der Waals surface area (Å²) in [6.07, 6.45) is 1.56. The molecule has 176 valence electrons. The van der Waals surface area contributed by atoms with Crippen LogP contribution in [0, 0.1) is 10.1 Å². The molecule has 3 rings (SSSR count). The Morgan fingerprint density at radius 2 is 1.68 bits per heavy atom. The summed E-state index contributed by atoms with van der Waals surface area (Å²) in [6, 6.07) is 16.6. The van der Waals surface area contributed by atoms with Gasteiger partial charge in [-0.2, -0.15) is 0 Å². The van der Waals surface area contributed by atoms with Gasteiger partial charge in [0.05, 0.1) is 23.2 Å². The number of ether oxygens (including phenoxy) is 3. The van der Waals surface area contributed by atoms with E-state index in [2.05, 4.69) is 0 Å². The van der Waals surface area contributed by atoms with Crippen molar-refractivity contribution in [2.75, 3.05) is 13.7 Å². The van der Waals surface area contributed by atoms with E-state index in [4.69, 9.17) is 14.2 Å². The number of esters is 2. The minimum atomic E-state index is -0.754. The highest BCUT2D eigenvalue weighted by Crippen LogP contribution is 2.35. The SMILES string of the molecule is COC(=O)c1ccc(C=C(COc2c([N+](=O)[O-])ccc3ccccc23)C(=O)OC(C)(C)C)cc1. The molecule has 3 aromatic carbocycles. The van der Waals surface area contributed by atoms with Crippen LogP contribution in [0.5, 0.6) is 5.75 Å². The molecule has 0 saturated carbocycles. The molecule has 0 unspecified atom stereocenters. The highest BCUT2D eigenvalue weighted by molar-refractivity contribution is 5.95. The van der Waals surface area contributed by atoms with E-state index >= 15 is 0 Å². The molecular formula is C26H25NO7. The zero-order valence-corrected chi connectivity index (χ0v) is 19.4. The Bertz CT molecular complexity index is 1250. The standard InChI is InChI=1S/C26H25NO7/c1-26(2,3)34-25(29)20(15-17-9-11-19(12-10-17)24(28)32-4)16-33-23-21-8-6-5-7-18(21)13-14-22(23)27(30)31/h5-15H,16H2,1-4H3. The van der Waals surface area contributed by atoms with Crippen molar-refractivity contribution in [3.8, 4) is 5.75 Å². The summed E-state index contributed by atoms with van der Waals surface area (Å²) in [6.45, 7) is 4.96. The average Bonchev–Trinajstić information content (AvgIpc) is 2.80. The molecule has 3 aromatic rings. The molecule has 0 amide bonds. The van der Waals surface area contributed by atoms with Crippen molar-refractivity contribution in [3.05, 3.63) is 87.5 Å². The van der Waals surface area contributed by atoms with Crippen LogP contribution in [-0.2, 0) is 14.3 Å². The fourth-order valence-corrected chi connectivity index (χ4v) is 3.21. The Morgan fingerprint density at radius 1 is 1.00 bits per heavy atom. The number of carbonyl (C=O) groups is 2. The Kier molecular flexibility index (Phi) is 7.31. The molecule has 0 saturated heterocycles. The topological polar surface area (TPSA) is 105 Å². The predicted molar refractivity (Wildman–Crippen MR) is 128 cm³/mol. The van der Waals surface area contributed by atoms with Crippen LogP contribution in [0.25, 0.3) is 16.8 Å². The monoisotopic (exact) mass is 463 g/mol. The van der Waals surface area contributed by atoms with Crippen LogP contribution in [0.4, 0.5) is 5.69 Å². The number of carbonyl (C=O) groups excluding carboxylic acids is 2. The molecule has 0 spiro atoms. The summed E-state index contributed by atoms with van der Waals surface area (Å²) in [5.74, 6) is -1.03. The van der Waals surface area contributed by atoms with Crippen molar-refractivity contribution in [1.82, 2.24) is 0 Å². The van der Waals surface area contributed by atoms with Gasteiger partial charge in [-0.3, -0.25) is 10.1 Å². The minimum Gasteiger partial charge on any atom is -0.481 e. The first-order valence-electron chi connectivity index (χ1n) is 10.5. The van der Waals surface area contributed by atoms with Crippen molar-refractivity contribution in [3.63, 3.8) is 0 Å². The van der Waals surface area contributed by atoms with E-state index in [0.29, 0.717) is 16.5 Å². The lowest BCUT2D eigenvalue weighted by atomic mass is 10.1. The molecule has 0 aliphatic heterocycles. The second-order valence-corrected chi connectivity index (χ2v) is 8.47. The summed E-state index contributed by atoms with van der Waals surface area (Å²) in [5, 5.41) is 12.9. The fourth-order valence-electron chi connectivity index (χ4n) is 3.21. The number of hydrogen-bond acceptors (Lipinski definition) is 7. The number of nitrogens with zero attached hydrogens (tertiary/aromatic N) is 1. The van der Waals surface area contributed by atoms with Crippen LogP contribution >= 0.6 is 0 Å². The Labute approximate surface area is 196 Å². The van der Waals surface area contributed by atoms with Gasteiger partial charge in [-0.25, -0.2) is 9.59 Å². The van der Waals surface area contributed by atoms with Crippen LogP contribution in [0.15, 0.2) is 66.2 Å². The number of benzene rings is 3. The lowest BCUT2D eigenvalue weighted by Crippen LogP contribution is -2.26. The zero-order chi connectivity index (χ0) is 24.9. The van der Waals surface area contributed by atoms with Crippen LogP contribution in [-0.4, -0.2) is 36.2 Å². The molecule has 8 heteroatoms. The largest absolute Gasteiger partial charge is 0.481 e. The summed E-state index contributed by atoms with van der Waals surface area (Å²) in [5.41, 5.74) is 0.175. The molecule has 0 aromatic heterocycles. The van der Waals surface area contributed by atoms with E-state index in [1.165, 1.54) is 13.2 Å². The third-order valence-corrected chi connectivity index (χ3v) is 4.76. The fraction of sp³-hybridized carbons (Fsp3) is 0.231. The van der Waals surface area contributed by atoms with Gasteiger partial charge in [0.15, 0.2) is 0 Å². The highest BCUT2D eigenvalue weighted by atomic mass is 16.6. The van der Waals surface area contributed by atoms with Crippen LogP contribution < -0.4 is 4.74 Å². The first-order valence-corrected chi connectivity index (χ1v) is 10.5. The van der Waals surface area contributed by atoms with Gasteiger partial charge in [-0.1, -0.05) is 36.4 Å². The quantitative estimate of drug-likeness (QED) is 0.202. The molecule has 34 heavy (non-hydrogen) atoms. The normalized spacial score (nSPS) is 11.7. The van der Waals surface area contributed by atoms with Crippen molar-refractivity contribution in [2.45, 2.75) is 26.4 Å². The predicted octanol–water partition coefficient (Wildman–Crippen LogP) is 5.34. The summed E-state index contributed by atoms with van der Waals surface area (Å²) < 4.78 is 16.1.